The van der Waals surface area contributed by atoms with E-state index in [4.69, 9.17) is 10.5 Å². The highest BCUT2D eigenvalue weighted by Gasteiger charge is 2.42. The van der Waals surface area contributed by atoms with Crippen molar-refractivity contribution in [2.45, 2.75) is 43.7 Å². The molecule has 0 radical (unpaired) electrons. The summed E-state index contributed by atoms with van der Waals surface area (Å²) in [6.07, 6.45) is 4.78. The van der Waals surface area contributed by atoms with Gasteiger partial charge in [-0.15, -0.1) is 0 Å². The first-order chi connectivity index (χ1) is 6.21. The molecule has 76 valence electrons. The third kappa shape index (κ3) is 1.87. The van der Waals surface area contributed by atoms with E-state index in [1.165, 1.54) is 0 Å². The first-order valence-corrected chi connectivity index (χ1v) is 5.26. The predicted molar refractivity (Wildman–Crippen MR) is 50.3 cm³/mol. The summed E-state index contributed by atoms with van der Waals surface area (Å²) < 4.78 is 5.39. The largest absolute Gasteiger partial charge is 0.389 e. The fourth-order valence-electron chi connectivity index (χ4n) is 2.63. The Kier molecular flexibility index (Phi) is 2.58. The highest BCUT2D eigenvalue weighted by molar-refractivity contribution is 4.96. The molecule has 1 saturated heterocycles. The standard InChI is InChI=1S/C10H19NO2/c11-9-3-4-10(12,6-9)8-2-1-5-13-7-8/h8-9,12H,1-7,11H2. The molecule has 0 bridgehead atoms. The summed E-state index contributed by atoms with van der Waals surface area (Å²) in [5.41, 5.74) is 5.30. The summed E-state index contributed by atoms with van der Waals surface area (Å²) in [4.78, 5) is 0. The highest BCUT2D eigenvalue weighted by atomic mass is 16.5. The average Bonchev–Trinajstić information content (AvgIpc) is 2.49. The second kappa shape index (κ2) is 3.56. The Labute approximate surface area is 79.3 Å². The summed E-state index contributed by atoms with van der Waals surface area (Å²) in [6, 6.07) is 0.201. The molecule has 1 saturated carbocycles. The fraction of sp³-hybridized carbons (Fsp3) is 1.00. The normalized spacial score (nSPS) is 46.6. The minimum Gasteiger partial charge on any atom is -0.389 e. The molecule has 0 aromatic carbocycles. The summed E-state index contributed by atoms with van der Waals surface area (Å²) in [5, 5.41) is 10.3. The molecule has 0 amide bonds. The lowest BCUT2D eigenvalue weighted by Crippen LogP contribution is -2.41. The van der Waals surface area contributed by atoms with Crippen LogP contribution in [0.5, 0.6) is 0 Å². The van der Waals surface area contributed by atoms with Gasteiger partial charge in [-0.2, -0.15) is 0 Å². The van der Waals surface area contributed by atoms with E-state index < -0.39 is 5.60 Å². The fourth-order valence-corrected chi connectivity index (χ4v) is 2.63. The monoisotopic (exact) mass is 185 g/mol. The zero-order valence-corrected chi connectivity index (χ0v) is 8.04. The molecule has 2 fully saturated rings. The van der Waals surface area contributed by atoms with Crippen molar-refractivity contribution in [3.8, 4) is 0 Å². The van der Waals surface area contributed by atoms with Gasteiger partial charge < -0.3 is 15.6 Å². The summed E-state index contributed by atoms with van der Waals surface area (Å²) >= 11 is 0. The van der Waals surface area contributed by atoms with Crippen LogP contribution >= 0.6 is 0 Å². The maximum Gasteiger partial charge on any atom is 0.0713 e. The van der Waals surface area contributed by atoms with Gasteiger partial charge in [-0.25, -0.2) is 0 Å². The van der Waals surface area contributed by atoms with Gasteiger partial charge in [0.1, 0.15) is 0 Å². The number of rotatable bonds is 1. The molecule has 3 N–H and O–H groups in total. The number of aliphatic hydroxyl groups is 1. The first kappa shape index (κ1) is 9.44. The van der Waals surface area contributed by atoms with Crippen LogP contribution in [0.15, 0.2) is 0 Å². The highest BCUT2D eigenvalue weighted by Crippen LogP contribution is 2.38. The molecular formula is C10H19NO2. The number of ether oxygens (including phenoxy) is 1. The summed E-state index contributed by atoms with van der Waals surface area (Å²) in [7, 11) is 0. The Bertz CT molecular complexity index is 180. The second-order valence-electron chi connectivity index (χ2n) is 4.52. The Morgan fingerprint density at radius 2 is 2.23 bits per heavy atom. The molecule has 1 aliphatic carbocycles. The molecule has 1 aliphatic heterocycles. The molecule has 0 spiro atoms. The van der Waals surface area contributed by atoms with E-state index >= 15 is 0 Å². The lowest BCUT2D eigenvalue weighted by Gasteiger charge is -2.35. The molecule has 13 heavy (non-hydrogen) atoms. The zero-order chi connectivity index (χ0) is 9.31. The van der Waals surface area contributed by atoms with Crippen molar-refractivity contribution in [1.29, 1.82) is 0 Å². The van der Waals surface area contributed by atoms with Crippen LogP contribution < -0.4 is 5.73 Å². The second-order valence-corrected chi connectivity index (χ2v) is 4.52. The molecular weight excluding hydrogens is 166 g/mol. The lowest BCUT2D eigenvalue weighted by molar-refractivity contribution is -0.0752. The van der Waals surface area contributed by atoms with Gasteiger partial charge in [-0.3, -0.25) is 0 Å². The minimum absolute atomic E-state index is 0.201. The van der Waals surface area contributed by atoms with Crippen LogP contribution in [-0.2, 0) is 4.74 Å². The molecule has 2 rings (SSSR count). The van der Waals surface area contributed by atoms with Gasteiger partial charge in [0, 0.05) is 18.6 Å². The van der Waals surface area contributed by atoms with Crippen LogP contribution in [0.25, 0.3) is 0 Å². The van der Waals surface area contributed by atoms with Gasteiger partial charge in [0.05, 0.1) is 12.2 Å². The molecule has 3 atom stereocenters. The van der Waals surface area contributed by atoms with Gasteiger partial charge in [0.2, 0.25) is 0 Å². The Morgan fingerprint density at radius 3 is 2.77 bits per heavy atom. The van der Waals surface area contributed by atoms with E-state index in [9.17, 15) is 5.11 Å². The van der Waals surface area contributed by atoms with Crippen LogP contribution in [0.4, 0.5) is 0 Å². The van der Waals surface area contributed by atoms with Crippen LogP contribution in [0, 0.1) is 5.92 Å². The summed E-state index contributed by atoms with van der Waals surface area (Å²) in [5.74, 6) is 0.329. The van der Waals surface area contributed by atoms with Crippen molar-refractivity contribution < 1.29 is 9.84 Å². The van der Waals surface area contributed by atoms with Crippen molar-refractivity contribution in [2.24, 2.45) is 11.7 Å². The van der Waals surface area contributed by atoms with Gasteiger partial charge in [0.25, 0.3) is 0 Å². The lowest BCUT2D eigenvalue weighted by atomic mass is 9.82. The molecule has 0 aromatic heterocycles. The van der Waals surface area contributed by atoms with Crippen molar-refractivity contribution >= 4 is 0 Å². The minimum atomic E-state index is -0.514. The molecule has 3 unspecified atom stereocenters. The van der Waals surface area contributed by atoms with Gasteiger partial charge in [-0.05, 0) is 32.1 Å². The number of nitrogens with two attached hydrogens (primary N) is 1. The van der Waals surface area contributed by atoms with Gasteiger partial charge in [-0.1, -0.05) is 0 Å². The average molecular weight is 185 g/mol. The maximum atomic E-state index is 10.3. The van der Waals surface area contributed by atoms with E-state index in [2.05, 4.69) is 0 Å². The molecule has 0 aromatic rings. The first-order valence-electron chi connectivity index (χ1n) is 5.26. The molecule has 3 heteroatoms. The summed E-state index contributed by atoms with van der Waals surface area (Å²) in [6.45, 7) is 1.59. The molecule has 3 nitrogen and oxygen atoms in total. The molecule has 1 heterocycles. The Hall–Kier alpha value is -0.120. The Balaban J connectivity index is 1.97. The van der Waals surface area contributed by atoms with Gasteiger partial charge >= 0.3 is 0 Å². The number of hydrogen-bond donors (Lipinski definition) is 2. The van der Waals surface area contributed by atoms with Crippen molar-refractivity contribution in [1.82, 2.24) is 0 Å². The third-order valence-electron chi connectivity index (χ3n) is 3.48. The molecule has 2 aliphatic rings. The SMILES string of the molecule is NC1CCC(O)(C2CCCOC2)C1. The van der Waals surface area contributed by atoms with Crippen LogP contribution in [0.1, 0.15) is 32.1 Å². The van der Waals surface area contributed by atoms with Crippen LogP contribution in [-0.4, -0.2) is 30.0 Å². The van der Waals surface area contributed by atoms with E-state index in [0.29, 0.717) is 5.92 Å². The topological polar surface area (TPSA) is 55.5 Å². The zero-order valence-electron chi connectivity index (χ0n) is 8.04. The van der Waals surface area contributed by atoms with Crippen molar-refractivity contribution in [3.63, 3.8) is 0 Å². The smallest absolute Gasteiger partial charge is 0.0713 e. The van der Waals surface area contributed by atoms with Crippen LogP contribution in [0.2, 0.25) is 0 Å². The third-order valence-corrected chi connectivity index (χ3v) is 3.48. The Morgan fingerprint density at radius 1 is 1.38 bits per heavy atom. The van der Waals surface area contributed by atoms with Crippen molar-refractivity contribution in [3.05, 3.63) is 0 Å². The van der Waals surface area contributed by atoms with Crippen molar-refractivity contribution in [2.75, 3.05) is 13.2 Å². The van der Waals surface area contributed by atoms with E-state index in [0.717, 1.165) is 45.3 Å². The van der Waals surface area contributed by atoms with E-state index in [-0.39, 0.29) is 6.04 Å². The predicted octanol–water partition coefficient (Wildman–Crippen LogP) is 0.655. The number of hydrogen-bond acceptors (Lipinski definition) is 3. The van der Waals surface area contributed by atoms with E-state index in [1.807, 2.05) is 0 Å². The quantitative estimate of drug-likeness (QED) is 0.631. The van der Waals surface area contributed by atoms with Gasteiger partial charge in [0.15, 0.2) is 0 Å². The maximum absolute atomic E-state index is 10.3. The van der Waals surface area contributed by atoms with E-state index in [1.54, 1.807) is 0 Å². The van der Waals surface area contributed by atoms with Crippen LogP contribution in [0.3, 0.4) is 0 Å².